The molecule has 2 nitrogen and oxygen atoms in total. The Balaban J connectivity index is 1.09. The van der Waals surface area contributed by atoms with Gasteiger partial charge in [-0.15, -0.1) is 11.3 Å². The van der Waals surface area contributed by atoms with Gasteiger partial charge in [-0.05, 0) is 115 Å². The highest BCUT2D eigenvalue weighted by Gasteiger charge is 2.19. The van der Waals surface area contributed by atoms with Crippen molar-refractivity contribution in [1.82, 2.24) is 0 Å². The van der Waals surface area contributed by atoms with Crippen molar-refractivity contribution in [2.75, 3.05) is 0 Å². The molecule has 51 heavy (non-hydrogen) atoms. The van der Waals surface area contributed by atoms with Crippen LogP contribution >= 0.6 is 11.3 Å². The van der Waals surface area contributed by atoms with E-state index in [0.717, 1.165) is 49.4 Å². The molecule has 12 rings (SSSR count). The van der Waals surface area contributed by atoms with Crippen LogP contribution in [0, 0.1) is 0 Å². The van der Waals surface area contributed by atoms with Gasteiger partial charge in [0.1, 0.15) is 22.3 Å². The molecule has 0 radical (unpaired) electrons. The lowest BCUT2D eigenvalue weighted by Crippen LogP contribution is -1.90. The molecule has 236 valence electrons. The van der Waals surface area contributed by atoms with Gasteiger partial charge in [0.05, 0.1) is 0 Å². The van der Waals surface area contributed by atoms with Gasteiger partial charge in [0.15, 0.2) is 0 Å². The van der Waals surface area contributed by atoms with Crippen LogP contribution in [-0.4, -0.2) is 0 Å². The monoisotopic (exact) mass is 666 g/mol. The molecule has 12 aromatic rings. The number of thiophene rings is 1. The predicted octanol–water partition coefficient (Wildman–Crippen LogP) is 14.6. The fourth-order valence-electron chi connectivity index (χ4n) is 8.53. The van der Waals surface area contributed by atoms with Crippen LogP contribution in [0.2, 0.25) is 0 Å². The molecule has 3 heterocycles. The standard InChI is InChI=1S/C48H26O2S/c1-3-13-36-34(11-1)47(35-12-2-4-14-37(35)48(36)28-17-19-32-31-9-5-7-15-41(31)49-43(32)24-28)27-18-20-42-38(21-27)39-22-30-26-46-40(23-29(30)25-44(39)50-42)33-10-6-8-16-45(33)51-46/h1-26H. The molecule has 3 heteroatoms. The van der Waals surface area contributed by atoms with Gasteiger partial charge < -0.3 is 8.83 Å². The van der Waals surface area contributed by atoms with Crippen LogP contribution < -0.4 is 0 Å². The van der Waals surface area contributed by atoms with Crippen molar-refractivity contribution in [3.05, 3.63) is 158 Å². The lowest BCUT2D eigenvalue weighted by Gasteiger charge is -2.17. The van der Waals surface area contributed by atoms with Crippen molar-refractivity contribution in [3.63, 3.8) is 0 Å². The SMILES string of the molecule is c1ccc2c(c1)oc1cc(-c3c4ccccc4c(-c4ccc5oc6cc7cc8c(cc7cc6c5c4)sc4ccccc48)c4ccccc34)ccc12. The molecule has 0 aliphatic rings. The number of hydrogen-bond donors (Lipinski definition) is 0. The van der Waals surface area contributed by atoms with Gasteiger partial charge in [-0.1, -0.05) is 97.1 Å². The first-order chi connectivity index (χ1) is 25.2. The second-order valence-corrected chi connectivity index (χ2v) is 14.7. The summed E-state index contributed by atoms with van der Waals surface area (Å²) in [5, 5.41) is 14.5. The van der Waals surface area contributed by atoms with Crippen molar-refractivity contribution < 1.29 is 8.83 Å². The molecule has 9 aromatic carbocycles. The molecule has 0 saturated carbocycles. The molecule has 0 saturated heterocycles. The fourth-order valence-corrected chi connectivity index (χ4v) is 9.67. The fraction of sp³-hybridized carbons (Fsp3) is 0. The van der Waals surface area contributed by atoms with Gasteiger partial charge in [-0.25, -0.2) is 0 Å². The van der Waals surface area contributed by atoms with Gasteiger partial charge in [0.2, 0.25) is 0 Å². The lowest BCUT2D eigenvalue weighted by atomic mass is 9.85. The summed E-state index contributed by atoms with van der Waals surface area (Å²) in [5.41, 5.74) is 8.43. The highest BCUT2D eigenvalue weighted by atomic mass is 32.1. The minimum absolute atomic E-state index is 0.903. The van der Waals surface area contributed by atoms with Crippen LogP contribution in [0.3, 0.4) is 0 Å². The number of furan rings is 2. The van der Waals surface area contributed by atoms with E-state index in [0.29, 0.717) is 0 Å². The molecule has 0 unspecified atom stereocenters. The first-order valence-corrected chi connectivity index (χ1v) is 18.1. The number of para-hydroxylation sites is 1. The normalized spacial score (nSPS) is 12.3. The summed E-state index contributed by atoms with van der Waals surface area (Å²) >= 11 is 1.86. The third-order valence-corrected chi connectivity index (χ3v) is 11.9. The van der Waals surface area contributed by atoms with Crippen molar-refractivity contribution in [2.24, 2.45) is 0 Å². The zero-order valence-electron chi connectivity index (χ0n) is 27.2. The van der Waals surface area contributed by atoms with Gasteiger partial charge in [0.25, 0.3) is 0 Å². The Labute approximate surface area is 295 Å². The molecule has 0 aliphatic heterocycles. The van der Waals surface area contributed by atoms with Crippen molar-refractivity contribution in [1.29, 1.82) is 0 Å². The van der Waals surface area contributed by atoms with E-state index in [4.69, 9.17) is 8.83 Å². The maximum Gasteiger partial charge on any atom is 0.136 e. The number of benzene rings is 9. The van der Waals surface area contributed by atoms with E-state index >= 15 is 0 Å². The second-order valence-electron chi connectivity index (χ2n) is 13.6. The molecule has 0 N–H and O–H groups in total. The Bertz CT molecular complexity index is 3370. The predicted molar refractivity (Wildman–Crippen MR) is 217 cm³/mol. The van der Waals surface area contributed by atoms with E-state index in [-0.39, 0.29) is 0 Å². The molecular formula is C48H26O2S. The minimum Gasteiger partial charge on any atom is -0.456 e. The molecule has 0 aliphatic carbocycles. The number of fused-ring (bicyclic) bond motifs is 12. The lowest BCUT2D eigenvalue weighted by molar-refractivity contribution is 0.669. The molecule has 0 fully saturated rings. The largest absolute Gasteiger partial charge is 0.456 e. The van der Waals surface area contributed by atoms with E-state index in [1.54, 1.807) is 0 Å². The van der Waals surface area contributed by atoms with Crippen LogP contribution in [0.1, 0.15) is 0 Å². The van der Waals surface area contributed by atoms with Crippen molar-refractivity contribution in [3.8, 4) is 22.3 Å². The molecular weight excluding hydrogens is 641 g/mol. The average Bonchev–Trinajstić information content (AvgIpc) is 3.85. The molecule has 3 aromatic heterocycles. The Kier molecular flexibility index (Phi) is 5.41. The van der Waals surface area contributed by atoms with E-state index in [1.807, 2.05) is 23.5 Å². The molecule has 0 atom stereocenters. The third kappa shape index (κ3) is 3.87. The van der Waals surface area contributed by atoms with Gasteiger partial charge in [-0.2, -0.15) is 0 Å². The Morgan fingerprint density at radius 1 is 0.294 bits per heavy atom. The minimum atomic E-state index is 0.903. The molecule has 0 bridgehead atoms. The van der Waals surface area contributed by atoms with Crippen LogP contribution in [0.15, 0.2) is 167 Å². The first-order valence-electron chi connectivity index (χ1n) is 17.3. The Morgan fingerprint density at radius 2 is 0.804 bits per heavy atom. The summed E-state index contributed by atoms with van der Waals surface area (Å²) in [4.78, 5) is 0. The quantitative estimate of drug-likeness (QED) is 0.172. The number of hydrogen-bond acceptors (Lipinski definition) is 3. The summed E-state index contributed by atoms with van der Waals surface area (Å²) in [6, 6.07) is 57.2. The maximum atomic E-state index is 6.54. The van der Waals surface area contributed by atoms with E-state index in [9.17, 15) is 0 Å². The third-order valence-electron chi connectivity index (χ3n) is 10.8. The van der Waals surface area contributed by atoms with Crippen molar-refractivity contribution in [2.45, 2.75) is 0 Å². The van der Waals surface area contributed by atoms with Gasteiger partial charge >= 0.3 is 0 Å². The topological polar surface area (TPSA) is 26.3 Å². The van der Waals surface area contributed by atoms with Gasteiger partial charge in [0, 0.05) is 41.7 Å². The highest BCUT2D eigenvalue weighted by Crippen LogP contribution is 2.46. The van der Waals surface area contributed by atoms with Gasteiger partial charge in [-0.3, -0.25) is 0 Å². The summed E-state index contributed by atoms with van der Waals surface area (Å²) in [6.45, 7) is 0. The Hall–Kier alpha value is -6.42. The smallest absolute Gasteiger partial charge is 0.136 e. The van der Waals surface area contributed by atoms with Crippen LogP contribution in [0.25, 0.3) is 119 Å². The van der Waals surface area contributed by atoms with E-state index in [2.05, 4.69) is 146 Å². The summed E-state index contributed by atoms with van der Waals surface area (Å²) in [7, 11) is 0. The van der Waals surface area contributed by atoms with Crippen molar-refractivity contribution >= 4 is 108 Å². The second kappa shape index (κ2) is 10.1. The highest BCUT2D eigenvalue weighted by molar-refractivity contribution is 7.25. The maximum absolute atomic E-state index is 6.54. The van der Waals surface area contributed by atoms with E-state index < -0.39 is 0 Å². The molecule has 0 amide bonds. The van der Waals surface area contributed by atoms with Crippen LogP contribution in [0.5, 0.6) is 0 Å². The zero-order valence-corrected chi connectivity index (χ0v) is 28.1. The summed E-state index contributed by atoms with van der Waals surface area (Å²) in [6.07, 6.45) is 0. The zero-order chi connectivity index (χ0) is 33.2. The molecule has 0 spiro atoms. The van der Waals surface area contributed by atoms with E-state index in [1.165, 1.54) is 69.2 Å². The summed E-state index contributed by atoms with van der Waals surface area (Å²) < 4.78 is 15.5. The van der Waals surface area contributed by atoms with Crippen LogP contribution in [0.4, 0.5) is 0 Å². The first kappa shape index (κ1) is 27.4. The Morgan fingerprint density at radius 3 is 1.55 bits per heavy atom. The average molecular weight is 667 g/mol. The van der Waals surface area contributed by atoms with Crippen LogP contribution in [-0.2, 0) is 0 Å². The summed E-state index contributed by atoms with van der Waals surface area (Å²) in [5.74, 6) is 0. The number of rotatable bonds is 2.